The summed E-state index contributed by atoms with van der Waals surface area (Å²) in [6, 6.07) is 19.5. The molecule has 584 valence electrons. The van der Waals surface area contributed by atoms with Gasteiger partial charge in [-0.3, -0.25) is 0 Å². The van der Waals surface area contributed by atoms with Crippen LogP contribution in [-0.2, 0) is 454 Å². The minimum atomic E-state index is -5.21. The standard InChI is InChI=1S/4C6H7AsO4.12Mo.34O/c4*8-6-3-1-5(2-4-6)7(9,10)11;;;;;;;;;;;;;;;;;;;;;;;;;;;;;;;;;;;;;;;;;;;;;;/h4*1-4,8H,(H2,9,10,11);;;;;;;;;;;;;;;;;;;;;;;;;;;;;;;;;;;;;;;;;;;;;;/q;;;;;;;;;;;;;;;;34*-2/p-4. The topological polar surface area (TPSA) is 1310 Å². The summed E-state index contributed by atoms with van der Waals surface area (Å²) in [5.41, 5.74) is 0. The molecule has 0 unspecified atom stereocenters. The Balaban J connectivity index is -0.00000000557. The van der Waals surface area contributed by atoms with E-state index in [1.54, 1.807) is 0 Å². The van der Waals surface area contributed by atoms with Crippen molar-refractivity contribution in [3.05, 3.63) is 97.1 Å². The average molecular weight is 2560 g/mol. The number of hydrogen-bond donors (Lipinski definition) is 0. The van der Waals surface area contributed by atoms with Crippen LogP contribution in [0.1, 0.15) is 0 Å². The molecule has 90 heavy (non-hydrogen) atoms. The predicted molar refractivity (Wildman–Crippen MR) is 166 cm³/mol. The molecule has 0 spiro atoms. The van der Waals surface area contributed by atoms with Gasteiger partial charge in [0.15, 0.2) is 0 Å². The molecular formula is C24H24As4Mo12O50-72. The first-order chi connectivity index (χ1) is 20.0. The Hall–Kier alpha value is 4.09. The summed E-state index contributed by atoms with van der Waals surface area (Å²) >= 11 is -20.8. The summed E-state index contributed by atoms with van der Waals surface area (Å²) in [7, 11) is 0. The van der Waals surface area contributed by atoms with E-state index in [4.69, 9.17) is 20.4 Å². The summed E-state index contributed by atoms with van der Waals surface area (Å²) in [5.74, 6) is 0.769. The Morgan fingerprint density at radius 1 is 0.167 bits per heavy atom. The molecule has 0 atom stereocenters. The predicted octanol–water partition coefficient (Wildman–Crippen LogP) is -14.4. The summed E-state index contributed by atoms with van der Waals surface area (Å²) < 4.78 is 124. The maximum atomic E-state index is 10.4. The normalized spacial score (nSPS) is 5.60. The van der Waals surface area contributed by atoms with Crippen LogP contribution in [0.25, 0.3) is 0 Å². The van der Waals surface area contributed by atoms with Crippen LogP contribution in [0.3, 0.4) is 0 Å². The third-order valence-corrected chi connectivity index (χ3v) is 12.5. The summed E-state index contributed by atoms with van der Waals surface area (Å²) in [5, 5.41) is 28.0. The van der Waals surface area contributed by atoms with Crippen molar-refractivity contribution in [1.29, 1.82) is 0 Å². The number of rotatable bonds is 4. The zero-order valence-corrected chi connectivity index (χ0v) is 72.3. The van der Waals surface area contributed by atoms with Crippen LogP contribution in [0.15, 0.2) is 97.1 Å². The monoisotopic (exact) mass is 2590 g/mol. The van der Waals surface area contributed by atoms with Crippen molar-refractivity contribution >= 4 is 74.1 Å². The van der Waals surface area contributed by atoms with E-state index >= 15 is 0 Å². The first-order valence-electron chi connectivity index (χ1n) is 11.4. The van der Waals surface area contributed by atoms with Crippen molar-refractivity contribution in [3.8, 4) is 23.0 Å². The maximum absolute atomic E-state index is 10.4. The van der Waals surface area contributed by atoms with E-state index in [1.807, 2.05) is 0 Å². The van der Waals surface area contributed by atoms with Crippen LogP contribution in [-0.4, -0.2) is 77.1 Å². The van der Waals surface area contributed by atoms with E-state index in [1.165, 1.54) is 48.5 Å². The summed E-state index contributed by atoms with van der Waals surface area (Å²) in [4.78, 5) is 0. The minimum Gasteiger partial charge on any atom is -2.00 e. The van der Waals surface area contributed by atoms with Gasteiger partial charge < -0.3 is 186 Å². The SMILES string of the molecule is O=[As]([O-])([O-])c1ccc([OH2+])cc1.O=[As]([O-])([O-])c1ccc([OH2+])cc1.O=[As]([O-])([O-])c1ccc([OH2+])cc1.O=[As]([O-])([O-])c1ccc([OH2+])cc1.[Mo].[Mo].[Mo].[Mo].[Mo].[Mo].[Mo].[Mo].[Mo].[Mo].[Mo].[Mo].[O-2].[O-2].[O-2].[O-2].[O-2].[O-2].[O-2].[O-2].[O-2].[O-2].[O-2].[O-2].[O-2].[O-2].[O-2].[O-2].[O-2].[O-2].[O-2].[O-2].[O-2].[O-2].[O-2].[O-2].[O-2].[O-2].[O-2].[O-2].[O-2].[O-2].[O-2].[O-2].[O-2].[O-2]. The van der Waals surface area contributed by atoms with Crippen molar-refractivity contribution < 1.29 is 507 Å². The molecule has 0 bridgehead atoms. The first kappa shape index (κ1) is 353. The van der Waals surface area contributed by atoms with Crippen LogP contribution in [0.4, 0.5) is 0 Å². The smallest absolute Gasteiger partial charge is 0 e. The van der Waals surface area contributed by atoms with Crippen molar-refractivity contribution in [2.75, 3.05) is 0 Å². The third kappa shape index (κ3) is 165. The fourth-order valence-corrected chi connectivity index (χ4v) is 6.89. The van der Waals surface area contributed by atoms with Crippen molar-refractivity contribution in [2.45, 2.75) is 0 Å². The largest absolute Gasteiger partial charge is 2.00 e. The quantitative estimate of drug-likeness (QED) is 0.136. The second-order valence-corrected chi connectivity index (χ2v) is 20.9. The molecule has 4 rings (SSSR count). The van der Waals surface area contributed by atoms with Gasteiger partial charge in [-0.15, -0.1) is 0 Å². The molecule has 0 heterocycles. The molecule has 0 fully saturated rings. The molecule has 66 heteroatoms. The summed E-state index contributed by atoms with van der Waals surface area (Å²) in [6.45, 7) is 0. The molecule has 4 aromatic carbocycles. The molecule has 0 radical (unpaired) electrons. The van der Waals surface area contributed by atoms with Gasteiger partial charge in [0.25, 0.3) is 0 Å². The molecule has 50 nitrogen and oxygen atoms in total. The van der Waals surface area contributed by atoms with Gasteiger partial charge in [-0.05, 0) is 0 Å². The van der Waals surface area contributed by atoms with Gasteiger partial charge in [0.1, 0.15) is 0 Å². The Morgan fingerprint density at radius 3 is 0.267 bits per heavy atom. The zero-order chi connectivity index (χ0) is 33.9. The molecule has 0 aliphatic carbocycles. The molecule has 0 aromatic heterocycles. The van der Waals surface area contributed by atoms with Crippen LogP contribution >= 0.6 is 0 Å². The van der Waals surface area contributed by atoms with E-state index in [9.17, 15) is 47.7 Å². The third-order valence-electron chi connectivity index (χ3n) is 4.73. The van der Waals surface area contributed by atoms with Gasteiger partial charge in [0, 0.05) is 253 Å². The fourth-order valence-electron chi connectivity index (χ4n) is 2.58. The molecule has 0 aliphatic heterocycles. The molecule has 8 N–H and O–H groups in total. The molecule has 0 amide bonds. The van der Waals surface area contributed by atoms with Gasteiger partial charge in [-0.1, -0.05) is 0 Å². The molecular weight excluding hydrogens is 2540 g/mol. The van der Waals surface area contributed by atoms with Gasteiger partial charge in [0.05, 0.1) is 0 Å². The maximum Gasteiger partial charge on any atom is 0 e. The Labute approximate surface area is 691 Å². The molecule has 0 saturated heterocycles. The van der Waals surface area contributed by atoms with Gasteiger partial charge in [-0.2, -0.15) is 0 Å². The zero-order valence-electron chi connectivity index (χ0n) is 40.7. The van der Waals surface area contributed by atoms with E-state index in [0.717, 1.165) is 48.5 Å². The molecule has 4 aromatic rings. The van der Waals surface area contributed by atoms with Crippen molar-refractivity contribution in [2.24, 2.45) is 0 Å². The minimum absolute atomic E-state index is 0. The van der Waals surface area contributed by atoms with Crippen molar-refractivity contribution in [1.82, 2.24) is 0 Å². The van der Waals surface area contributed by atoms with Crippen LogP contribution in [0.2, 0.25) is 0 Å². The number of hydrogen-bond acceptors (Lipinski definition) is 12. The van der Waals surface area contributed by atoms with Gasteiger partial charge in [-0.25, -0.2) is 0 Å². The van der Waals surface area contributed by atoms with Gasteiger partial charge in [0.2, 0.25) is 0 Å². The van der Waals surface area contributed by atoms with Gasteiger partial charge >= 0.3 is 262 Å². The molecule has 0 saturated carbocycles. The van der Waals surface area contributed by atoms with E-state index < -0.39 is 56.7 Å². The Morgan fingerprint density at radius 2 is 0.222 bits per heavy atom. The Bertz CT molecular complexity index is 1480. The number of benzene rings is 4. The molecule has 0 aliphatic rings. The second kappa shape index (κ2) is 170. The van der Waals surface area contributed by atoms with E-state index in [-0.39, 0.29) is 479 Å². The van der Waals surface area contributed by atoms with Crippen LogP contribution in [0, 0.1) is 0 Å². The van der Waals surface area contributed by atoms with E-state index in [2.05, 4.69) is 0 Å². The second-order valence-electron chi connectivity index (χ2n) is 8.18. The van der Waals surface area contributed by atoms with Crippen LogP contribution < -0.4 is 50.2 Å². The van der Waals surface area contributed by atoms with E-state index in [0.29, 0.717) is 0 Å². The average Bonchev–Trinajstić information content (AvgIpc) is 2.89. The Kier molecular flexibility index (Phi) is 667. The van der Waals surface area contributed by atoms with Crippen molar-refractivity contribution in [3.63, 3.8) is 0 Å². The fraction of sp³-hybridized carbons (Fsp3) is 0. The van der Waals surface area contributed by atoms with Crippen LogP contribution in [0.5, 0.6) is 23.0 Å². The summed E-state index contributed by atoms with van der Waals surface area (Å²) in [6.07, 6.45) is 0. The first-order valence-corrected chi connectivity index (χ1v) is 24.3.